The molecule has 0 fully saturated rings. The molecule has 0 aliphatic rings. The van der Waals surface area contributed by atoms with Crippen LogP contribution in [0.4, 0.5) is 0 Å². The molecule has 160 valence electrons. The van der Waals surface area contributed by atoms with Crippen LogP contribution in [0.25, 0.3) is 16.7 Å². The quantitative estimate of drug-likeness (QED) is 0.273. The lowest BCUT2D eigenvalue weighted by molar-refractivity contribution is 0.344. The smallest absolute Gasteiger partial charge is 0.263 e. The molecule has 0 bridgehead atoms. The van der Waals surface area contributed by atoms with Gasteiger partial charge in [-0.05, 0) is 36.8 Å². The van der Waals surface area contributed by atoms with Crippen molar-refractivity contribution in [3.63, 3.8) is 0 Å². The average molecular weight is 443 g/mol. The van der Waals surface area contributed by atoms with Crippen molar-refractivity contribution in [1.29, 1.82) is 0 Å². The molecule has 5 aromatic rings. The maximum absolute atomic E-state index is 13.3. The molecule has 7 heteroatoms. The molecule has 0 aliphatic carbocycles. The van der Waals surface area contributed by atoms with E-state index in [-0.39, 0.29) is 5.56 Å². The predicted molar refractivity (Wildman–Crippen MR) is 128 cm³/mol. The molecule has 0 saturated heterocycles. The highest BCUT2D eigenvalue weighted by atomic mass is 32.2. The van der Waals surface area contributed by atoms with Gasteiger partial charge in [0.15, 0.2) is 5.16 Å². The van der Waals surface area contributed by atoms with E-state index in [4.69, 9.17) is 4.74 Å². The number of nitrogens with zero attached hydrogens (tertiary/aromatic N) is 4. The number of thioether (sulfide) groups is 1. The van der Waals surface area contributed by atoms with Crippen molar-refractivity contribution in [3.05, 3.63) is 100 Å². The number of benzene rings is 3. The summed E-state index contributed by atoms with van der Waals surface area (Å²) in [5.41, 5.74) is 2.98. The monoisotopic (exact) mass is 442 g/mol. The number of aromatic nitrogens is 4. The van der Waals surface area contributed by atoms with Crippen molar-refractivity contribution >= 4 is 28.4 Å². The first-order chi connectivity index (χ1) is 15.7. The van der Waals surface area contributed by atoms with Gasteiger partial charge in [-0.15, -0.1) is 10.2 Å². The van der Waals surface area contributed by atoms with E-state index in [2.05, 4.69) is 17.1 Å². The highest BCUT2D eigenvalue weighted by Crippen LogP contribution is 2.22. The summed E-state index contributed by atoms with van der Waals surface area (Å²) >= 11 is 1.56. The zero-order valence-corrected chi connectivity index (χ0v) is 18.5. The SMILES string of the molecule is Cc1ccc(OCCSc2nnc3n(Cc4ccccc4)c(=O)c4ccccc4n23)cc1. The lowest BCUT2D eigenvalue weighted by Gasteiger charge is -2.11. The van der Waals surface area contributed by atoms with Crippen LogP contribution in [0.3, 0.4) is 0 Å². The summed E-state index contributed by atoms with van der Waals surface area (Å²) < 4.78 is 9.51. The van der Waals surface area contributed by atoms with Crippen LogP contribution in [0.15, 0.2) is 88.8 Å². The fraction of sp³-hybridized carbons (Fsp3) is 0.160. The first-order valence-electron chi connectivity index (χ1n) is 10.4. The fourth-order valence-corrected chi connectivity index (χ4v) is 4.42. The second-order valence-corrected chi connectivity index (χ2v) is 8.58. The van der Waals surface area contributed by atoms with E-state index >= 15 is 0 Å². The Bertz CT molecular complexity index is 1430. The maximum atomic E-state index is 13.3. The lowest BCUT2D eigenvalue weighted by Crippen LogP contribution is -2.24. The van der Waals surface area contributed by atoms with Crippen LogP contribution >= 0.6 is 11.8 Å². The molecule has 2 aromatic heterocycles. The van der Waals surface area contributed by atoms with Crippen LogP contribution < -0.4 is 10.3 Å². The topological polar surface area (TPSA) is 61.4 Å². The maximum Gasteiger partial charge on any atom is 0.263 e. The van der Waals surface area contributed by atoms with Gasteiger partial charge in [0, 0.05) is 5.75 Å². The third-order valence-electron chi connectivity index (χ3n) is 5.27. The summed E-state index contributed by atoms with van der Waals surface area (Å²) in [5, 5.41) is 10.2. The Morgan fingerprint density at radius 1 is 0.906 bits per heavy atom. The van der Waals surface area contributed by atoms with E-state index in [0.29, 0.717) is 30.1 Å². The largest absolute Gasteiger partial charge is 0.493 e. The minimum atomic E-state index is -0.0661. The molecule has 3 aromatic carbocycles. The van der Waals surface area contributed by atoms with Crippen LogP contribution in [-0.2, 0) is 6.54 Å². The van der Waals surface area contributed by atoms with Crippen molar-refractivity contribution < 1.29 is 4.74 Å². The summed E-state index contributed by atoms with van der Waals surface area (Å²) in [6.07, 6.45) is 0. The Kier molecular flexibility index (Phi) is 5.64. The van der Waals surface area contributed by atoms with Gasteiger partial charge in [0.05, 0.1) is 24.1 Å². The van der Waals surface area contributed by atoms with Crippen molar-refractivity contribution in [2.75, 3.05) is 12.4 Å². The number of para-hydroxylation sites is 1. The molecule has 2 heterocycles. The Morgan fingerprint density at radius 3 is 2.47 bits per heavy atom. The molecular weight excluding hydrogens is 420 g/mol. The molecule has 0 atom stereocenters. The molecule has 0 spiro atoms. The first-order valence-corrected chi connectivity index (χ1v) is 11.4. The van der Waals surface area contributed by atoms with E-state index in [1.54, 1.807) is 16.3 Å². The molecule has 0 aliphatic heterocycles. The first kappa shape index (κ1) is 20.3. The van der Waals surface area contributed by atoms with Gasteiger partial charge in [0.1, 0.15) is 5.75 Å². The van der Waals surface area contributed by atoms with E-state index in [1.807, 2.05) is 83.3 Å². The van der Waals surface area contributed by atoms with Gasteiger partial charge in [-0.1, -0.05) is 71.9 Å². The Balaban J connectivity index is 1.46. The molecular formula is C25H22N4O2S. The molecule has 6 nitrogen and oxygen atoms in total. The van der Waals surface area contributed by atoms with Crippen LogP contribution in [-0.4, -0.2) is 31.5 Å². The summed E-state index contributed by atoms with van der Waals surface area (Å²) in [5.74, 6) is 2.10. The number of hydrogen-bond acceptors (Lipinski definition) is 5. The number of aryl methyl sites for hydroxylation is 1. The van der Waals surface area contributed by atoms with Crippen molar-refractivity contribution in [2.45, 2.75) is 18.6 Å². The number of fused-ring (bicyclic) bond motifs is 3. The van der Waals surface area contributed by atoms with E-state index < -0.39 is 0 Å². The minimum absolute atomic E-state index is 0.0661. The highest BCUT2D eigenvalue weighted by Gasteiger charge is 2.17. The number of ether oxygens (including phenoxy) is 1. The zero-order valence-electron chi connectivity index (χ0n) is 17.6. The van der Waals surface area contributed by atoms with Crippen molar-refractivity contribution in [2.24, 2.45) is 0 Å². The lowest BCUT2D eigenvalue weighted by atomic mass is 10.2. The highest BCUT2D eigenvalue weighted by molar-refractivity contribution is 7.99. The molecule has 0 N–H and O–H groups in total. The second-order valence-electron chi connectivity index (χ2n) is 7.52. The van der Waals surface area contributed by atoms with Gasteiger partial charge in [0.2, 0.25) is 5.78 Å². The Hall–Kier alpha value is -3.58. The van der Waals surface area contributed by atoms with E-state index in [9.17, 15) is 4.79 Å². The standard InChI is InChI=1S/C25H22N4O2S/c1-18-11-13-20(14-12-18)31-15-16-32-25-27-26-24-28(17-19-7-3-2-4-8-19)23(30)21-9-5-6-10-22(21)29(24)25/h2-14H,15-17H2,1H3. The second kappa shape index (κ2) is 8.88. The van der Waals surface area contributed by atoms with Crippen LogP contribution in [0, 0.1) is 6.92 Å². The minimum Gasteiger partial charge on any atom is -0.493 e. The van der Waals surface area contributed by atoms with Gasteiger partial charge in [-0.2, -0.15) is 0 Å². The van der Waals surface area contributed by atoms with Gasteiger partial charge in [-0.25, -0.2) is 0 Å². The predicted octanol–water partition coefficient (Wildman–Crippen LogP) is 4.57. The van der Waals surface area contributed by atoms with E-state index in [1.165, 1.54) is 5.56 Å². The molecule has 32 heavy (non-hydrogen) atoms. The average Bonchev–Trinajstić information content (AvgIpc) is 3.25. The Labute approximate surface area is 189 Å². The summed E-state index contributed by atoms with van der Waals surface area (Å²) in [6, 6.07) is 25.5. The van der Waals surface area contributed by atoms with Gasteiger partial charge in [0.25, 0.3) is 5.56 Å². The van der Waals surface area contributed by atoms with E-state index in [0.717, 1.165) is 22.0 Å². The van der Waals surface area contributed by atoms with Gasteiger partial charge < -0.3 is 4.74 Å². The summed E-state index contributed by atoms with van der Waals surface area (Å²) in [7, 11) is 0. The summed E-state index contributed by atoms with van der Waals surface area (Å²) in [4.78, 5) is 13.3. The van der Waals surface area contributed by atoms with Crippen LogP contribution in [0.1, 0.15) is 11.1 Å². The molecule has 0 unspecified atom stereocenters. The zero-order chi connectivity index (χ0) is 21.9. The molecule has 5 rings (SSSR count). The normalized spacial score (nSPS) is 11.3. The third kappa shape index (κ3) is 3.99. The third-order valence-corrected chi connectivity index (χ3v) is 6.16. The van der Waals surface area contributed by atoms with Crippen molar-refractivity contribution in [1.82, 2.24) is 19.2 Å². The summed E-state index contributed by atoms with van der Waals surface area (Å²) in [6.45, 7) is 3.04. The molecule has 0 radical (unpaired) electrons. The van der Waals surface area contributed by atoms with Crippen LogP contribution in [0.2, 0.25) is 0 Å². The Morgan fingerprint density at radius 2 is 1.66 bits per heavy atom. The number of rotatable bonds is 7. The van der Waals surface area contributed by atoms with Gasteiger partial charge in [-0.3, -0.25) is 13.8 Å². The number of hydrogen-bond donors (Lipinski definition) is 0. The van der Waals surface area contributed by atoms with Gasteiger partial charge >= 0.3 is 0 Å². The fourth-order valence-electron chi connectivity index (χ4n) is 3.66. The van der Waals surface area contributed by atoms with Crippen molar-refractivity contribution in [3.8, 4) is 5.75 Å². The van der Waals surface area contributed by atoms with Crippen LogP contribution in [0.5, 0.6) is 5.75 Å². The molecule has 0 amide bonds. The molecule has 0 saturated carbocycles.